The number of amides is 1. The van der Waals surface area contributed by atoms with Gasteiger partial charge in [-0.05, 0) is 55.3 Å². The Balaban J connectivity index is 1.76. The van der Waals surface area contributed by atoms with Gasteiger partial charge in [-0.2, -0.15) is 0 Å². The number of fused-ring (bicyclic) bond motifs is 1. The SMILES string of the molecule is COc1cc(C)c(/C(O)=C2\C(=O)C(=O)N(Cc3ccco3)C2c2cn(C)c3ccccc23)cc1C. The van der Waals surface area contributed by atoms with Gasteiger partial charge in [-0.25, -0.2) is 0 Å². The van der Waals surface area contributed by atoms with Crippen LogP contribution in [-0.4, -0.2) is 33.4 Å². The third-order valence-electron chi connectivity index (χ3n) is 6.67. The van der Waals surface area contributed by atoms with Crippen molar-refractivity contribution in [2.45, 2.75) is 26.4 Å². The molecular formula is C28H26N2O5. The Morgan fingerprint density at radius 1 is 1.09 bits per heavy atom. The van der Waals surface area contributed by atoms with Crippen LogP contribution in [0.3, 0.4) is 0 Å². The topological polar surface area (TPSA) is 84.9 Å². The van der Waals surface area contributed by atoms with Crippen molar-refractivity contribution in [3.05, 3.63) is 94.6 Å². The Kier molecular flexibility index (Phi) is 5.47. The zero-order valence-corrected chi connectivity index (χ0v) is 20.0. The minimum absolute atomic E-state index is 0.0607. The van der Waals surface area contributed by atoms with Gasteiger partial charge in [0.15, 0.2) is 0 Å². The van der Waals surface area contributed by atoms with Crippen LogP contribution < -0.4 is 4.74 Å². The molecule has 7 nitrogen and oxygen atoms in total. The number of carbonyl (C=O) groups is 2. The van der Waals surface area contributed by atoms with Gasteiger partial charge in [-0.3, -0.25) is 9.59 Å². The second kappa shape index (κ2) is 8.51. The minimum atomic E-state index is -0.784. The molecule has 1 aliphatic rings. The molecule has 0 saturated carbocycles. The highest BCUT2D eigenvalue weighted by molar-refractivity contribution is 6.46. The Bertz CT molecular complexity index is 1490. The van der Waals surface area contributed by atoms with Gasteiger partial charge in [0.05, 0.1) is 31.5 Å². The molecule has 1 atom stereocenters. The van der Waals surface area contributed by atoms with Crippen molar-refractivity contribution in [1.82, 2.24) is 9.47 Å². The number of para-hydroxylation sites is 1. The van der Waals surface area contributed by atoms with E-state index in [0.717, 1.165) is 27.6 Å². The molecule has 1 amide bonds. The van der Waals surface area contributed by atoms with Gasteiger partial charge in [0.2, 0.25) is 0 Å². The molecule has 7 heteroatoms. The number of furan rings is 1. The molecular weight excluding hydrogens is 444 g/mol. The first-order valence-corrected chi connectivity index (χ1v) is 11.3. The van der Waals surface area contributed by atoms with Crippen LogP contribution in [0.5, 0.6) is 5.75 Å². The second-order valence-corrected chi connectivity index (χ2v) is 8.86. The van der Waals surface area contributed by atoms with E-state index in [1.54, 1.807) is 25.3 Å². The number of ketones is 1. The molecule has 1 aliphatic heterocycles. The van der Waals surface area contributed by atoms with Crippen LogP contribution in [0.2, 0.25) is 0 Å². The number of rotatable bonds is 5. The third-order valence-corrected chi connectivity index (χ3v) is 6.67. The Hall–Kier alpha value is -4.26. The first-order chi connectivity index (χ1) is 16.8. The van der Waals surface area contributed by atoms with Gasteiger partial charge in [-0.15, -0.1) is 0 Å². The van der Waals surface area contributed by atoms with Crippen LogP contribution in [0.25, 0.3) is 16.7 Å². The van der Waals surface area contributed by atoms with Gasteiger partial charge in [0.1, 0.15) is 17.3 Å². The van der Waals surface area contributed by atoms with Crippen molar-refractivity contribution in [1.29, 1.82) is 0 Å². The summed E-state index contributed by atoms with van der Waals surface area (Å²) in [6, 6.07) is 14.1. The van der Waals surface area contributed by atoms with Gasteiger partial charge in [0, 0.05) is 35.3 Å². The summed E-state index contributed by atoms with van der Waals surface area (Å²) >= 11 is 0. The molecule has 0 bridgehead atoms. The van der Waals surface area contributed by atoms with E-state index in [1.807, 2.05) is 62.0 Å². The lowest BCUT2D eigenvalue weighted by atomic mass is 9.93. The molecule has 1 unspecified atom stereocenters. The highest BCUT2D eigenvalue weighted by Gasteiger charge is 2.47. The summed E-state index contributed by atoms with van der Waals surface area (Å²) < 4.78 is 12.9. The molecule has 2 aromatic carbocycles. The van der Waals surface area contributed by atoms with Crippen molar-refractivity contribution in [2.24, 2.45) is 7.05 Å². The maximum atomic E-state index is 13.4. The molecule has 178 valence electrons. The number of Topliss-reactive ketones (excluding diaryl/α,β-unsaturated/α-hetero) is 1. The zero-order valence-electron chi connectivity index (χ0n) is 20.0. The molecule has 3 heterocycles. The molecule has 1 N–H and O–H groups in total. The average Bonchev–Trinajstić information content (AvgIpc) is 3.54. The van der Waals surface area contributed by atoms with E-state index in [0.29, 0.717) is 17.1 Å². The molecule has 1 saturated heterocycles. The van der Waals surface area contributed by atoms with E-state index in [1.165, 1.54) is 11.2 Å². The molecule has 0 spiro atoms. The van der Waals surface area contributed by atoms with Crippen molar-refractivity contribution in [3.63, 3.8) is 0 Å². The quantitative estimate of drug-likeness (QED) is 0.252. The molecule has 2 aromatic heterocycles. The lowest BCUT2D eigenvalue weighted by molar-refractivity contribution is -0.140. The molecule has 0 radical (unpaired) electrons. The number of benzene rings is 2. The lowest BCUT2D eigenvalue weighted by Gasteiger charge is -2.24. The Morgan fingerprint density at radius 2 is 1.86 bits per heavy atom. The van der Waals surface area contributed by atoms with E-state index in [9.17, 15) is 14.7 Å². The van der Waals surface area contributed by atoms with Gasteiger partial charge < -0.3 is 23.7 Å². The van der Waals surface area contributed by atoms with Crippen molar-refractivity contribution >= 4 is 28.4 Å². The van der Waals surface area contributed by atoms with Crippen LogP contribution in [0.4, 0.5) is 0 Å². The van der Waals surface area contributed by atoms with E-state index in [-0.39, 0.29) is 17.9 Å². The van der Waals surface area contributed by atoms with Crippen molar-refractivity contribution in [3.8, 4) is 5.75 Å². The van der Waals surface area contributed by atoms with Gasteiger partial charge in [0.25, 0.3) is 11.7 Å². The Labute approximate surface area is 202 Å². The Morgan fingerprint density at radius 3 is 2.57 bits per heavy atom. The summed E-state index contributed by atoms with van der Waals surface area (Å²) in [7, 11) is 3.50. The number of methoxy groups -OCH3 is 1. The standard InChI is InChI=1S/C28H26N2O5/c1-16-13-23(34-4)17(2)12-20(16)26(31)24-25(21-15-29(3)22-10-6-5-9-19(21)22)30(28(33)27(24)32)14-18-8-7-11-35-18/h5-13,15,25,31H,14H2,1-4H3/b26-24+. The largest absolute Gasteiger partial charge is 0.507 e. The molecule has 0 aliphatic carbocycles. The van der Waals surface area contributed by atoms with Crippen molar-refractivity contribution < 1.29 is 23.8 Å². The monoisotopic (exact) mass is 470 g/mol. The smallest absolute Gasteiger partial charge is 0.296 e. The first-order valence-electron chi connectivity index (χ1n) is 11.3. The molecule has 35 heavy (non-hydrogen) atoms. The number of carbonyl (C=O) groups excluding carboxylic acids is 2. The highest BCUT2D eigenvalue weighted by atomic mass is 16.5. The van der Waals surface area contributed by atoms with Crippen LogP contribution in [0.1, 0.15) is 34.1 Å². The molecule has 4 aromatic rings. The predicted molar refractivity (Wildman–Crippen MR) is 132 cm³/mol. The summed E-state index contributed by atoms with van der Waals surface area (Å²) in [4.78, 5) is 28.2. The fourth-order valence-electron chi connectivity index (χ4n) is 4.94. The number of likely N-dealkylation sites (tertiary alicyclic amines) is 1. The number of hydrogen-bond donors (Lipinski definition) is 1. The van der Waals surface area contributed by atoms with Gasteiger partial charge in [-0.1, -0.05) is 18.2 Å². The minimum Gasteiger partial charge on any atom is -0.507 e. The van der Waals surface area contributed by atoms with E-state index < -0.39 is 17.7 Å². The number of aryl methyl sites for hydroxylation is 3. The first kappa shape index (κ1) is 22.5. The summed E-state index contributed by atoms with van der Waals surface area (Å²) in [6.07, 6.45) is 3.44. The molecule has 5 rings (SSSR count). The normalized spacial score (nSPS) is 17.5. The number of aromatic nitrogens is 1. The number of nitrogens with zero attached hydrogens (tertiary/aromatic N) is 2. The van der Waals surface area contributed by atoms with Crippen molar-refractivity contribution in [2.75, 3.05) is 7.11 Å². The number of aliphatic hydroxyl groups is 1. The van der Waals surface area contributed by atoms with E-state index >= 15 is 0 Å². The summed E-state index contributed by atoms with van der Waals surface area (Å²) in [5.41, 5.74) is 3.82. The number of aliphatic hydroxyl groups excluding tert-OH is 1. The lowest BCUT2D eigenvalue weighted by Crippen LogP contribution is -2.29. The summed E-state index contributed by atoms with van der Waals surface area (Å²) in [5.74, 6) is -0.369. The summed E-state index contributed by atoms with van der Waals surface area (Å²) in [6.45, 7) is 3.80. The zero-order chi connectivity index (χ0) is 24.9. The van der Waals surface area contributed by atoms with Crippen LogP contribution in [0, 0.1) is 13.8 Å². The van der Waals surface area contributed by atoms with Crippen LogP contribution >= 0.6 is 0 Å². The maximum Gasteiger partial charge on any atom is 0.296 e. The number of hydrogen-bond acceptors (Lipinski definition) is 5. The van der Waals surface area contributed by atoms with Crippen LogP contribution in [-0.2, 0) is 23.2 Å². The summed E-state index contributed by atoms with van der Waals surface area (Å²) in [5, 5.41) is 12.4. The second-order valence-electron chi connectivity index (χ2n) is 8.86. The molecule has 1 fully saturated rings. The maximum absolute atomic E-state index is 13.4. The average molecular weight is 471 g/mol. The third kappa shape index (κ3) is 3.60. The highest BCUT2D eigenvalue weighted by Crippen LogP contribution is 2.43. The van der Waals surface area contributed by atoms with Crippen LogP contribution in [0.15, 0.2) is 71.0 Å². The fourth-order valence-corrected chi connectivity index (χ4v) is 4.94. The van der Waals surface area contributed by atoms with Gasteiger partial charge >= 0.3 is 0 Å². The number of ether oxygens (including phenoxy) is 1. The predicted octanol–water partition coefficient (Wildman–Crippen LogP) is 5.02. The fraction of sp³-hybridized carbons (Fsp3) is 0.214. The van der Waals surface area contributed by atoms with E-state index in [2.05, 4.69) is 0 Å². The van der Waals surface area contributed by atoms with E-state index in [4.69, 9.17) is 9.15 Å².